The molecule has 0 aliphatic rings. The van der Waals surface area contributed by atoms with Crippen LogP contribution in [0.1, 0.15) is 43.5 Å². The van der Waals surface area contributed by atoms with Gasteiger partial charge in [0.15, 0.2) is 6.10 Å². The summed E-state index contributed by atoms with van der Waals surface area (Å²) in [5.41, 5.74) is 3.26. The molecular weight excluding hydrogens is 402 g/mol. The van der Waals surface area contributed by atoms with Crippen LogP contribution in [0.4, 0.5) is 5.69 Å². The molecule has 5 nitrogen and oxygen atoms in total. The number of carbonyl (C=O) groups is 2. The van der Waals surface area contributed by atoms with E-state index in [2.05, 4.69) is 12.2 Å². The van der Waals surface area contributed by atoms with Gasteiger partial charge in [-0.15, -0.1) is 0 Å². The quantitative estimate of drug-likeness (QED) is 0.311. The average molecular weight is 432 g/mol. The third-order valence-electron chi connectivity index (χ3n) is 5.01. The second-order valence-corrected chi connectivity index (χ2v) is 7.56. The van der Waals surface area contributed by atoms with Crippen molar-refractivity contribution in [3.63, 3.8) is 0 Å². The Morgan fingerprint density at radius 2 is 1.50 bits per heavy atom. The molecule has 0 saturated carbocycles. The van der Waals surface area contributed by atoms with Gasteiger partial charge in [0.2, 0.25) is 0 Å². The van der Waals surface area contributed by atoms with Crippen LogP contribution >= 0.6 is 0 Å². The fourth-order valence-electron chi connectivity index (χ4n) is 3.15. The Balaban J connectivity index is 1.50. The van der Waals surface area contributed by atoms with Crippen LogP contribution in [0.5, 0.6) is 5.75 Å². The molecule has 3 rings (SSSR count). The summed E-state index contributed by atoms with van der Waals surface area (Å²) in [6.07, 6.45) is 2.30. The zero-order valence-electron chi connectivity index (χ0n) is 18.5. The van der Waals surface area contributed by atoms with Crippen molar-refractivity contribution in [2.75, 3.05) is 11.9 Å². The lowest BCUT2D eigenvalue weighted by atomic mass is 10.1. The number of hydrogen-bond acceptors (Lipinski definition) is 4. The fourth-order valence-corrected chi connectivity index (χ4v) is 3.15. The van der Waals surface area contributed by atoms with Crippen LogP contribution in [0.2, 0.25) is 0 Å². The van der Waals surface area contributed by atoms with E-state index in [-0.39, 0.29) is 11.9 Å². The van der Waals surface area contributed by atoms with Crippen molar-refractivity contribution >= 4 is 17.6 Å². The molecule has 0 aliphatic heterocycles. The van der Waals surface area contributed by atoms with E-state index in [1.807, 2.05) is 54.6 Å². The van der Waals surface area contributed by atoms with Crippen LogP contribution in [0.15, 0.2) is 78.9 Å². The van der Waals surface area contributed by atoms with Crippen LogP contribution in [-0.4, -0.2) is 24.6 Å². The molecule has 0 radical (unpaired) electrons. The number of unbranched alkanes of at least 4 members (excludes halogenated alkanes) is 2. The summed E-state index contributed by atoms with van der Waals surface area (Å²) in [6, 6.07) is 24.4. The van der Waals surface area contributed by atoms with Crippen molar-refractivity contribution in [2.45, 2.75) is 39.2 Å². The average Bonchev–Trinajstić information content (AvgIpc) is 2.83. The molecule has 0 spiro atoms. The number of esters is 1. The minimum Gasteiger partial charge on any atom is -0.481 e. The Labute approximate surface area is 189 Å². The first kappa shape index (κ1) is 23.1. The largest absolute Gasteiger partial charge is 0.481 e. The first-order valence-corrected chi connectivity index (χ1v) is 11.0. The van der Waals surface area contributed by atoms with E-state index in [1.165, 1.54) is 0 Å². The summed E-state index contributed by atoms with van der Waals surface area (Å²) in [4.78, 5) is 24.5. The van der Waals surface area contributed by atoms with Crippen LogP contribution in [0, 0.1) is 0 Å². The van der Waals surface area contributed by atoms with Gasteiger partial charge in [-0.1, -0.05) is 62.2 Å². The van der Waals surface area contributed by atoms with Crippen molar-refractivity contribution < 1.29 is 19.1 Å². The van der Waals surface area contributed by atoms with Crippen molar-refractivity contribution in [1.82, 2.24) is 0 Å². The van der Waals surface area contributed by atoms with Gasteiger partial charge in [0.25, 0.3) is 5.91 Å². The molecule has 0 heterocycles. The maximum Gasteiger partial charge on any atom is 0.338 e. The maximum absolute atomic E-state index is 12.5. The van der Waals surface area contributed by atoms with E-state index in [1.54, 1.807) is 31.2 Å². The summed E-state index contributed by atoms with van der Waals surface area (Å²) in [5.74, 6) is -0.00449. The van der Waals surface area contributed by atoms with Crippen molar-refractivity contribution in [3.8, 4) is 16.9 Å². The highest BCUT2D eigenvalue weighted by Gasteiger charge is 2.15. The Kier molecular flexibility index (Phi) is 8.44. The lowest BCUT2D eigenvalue weighted by Crippen LogP contribution is -2.30. The number of benzene rings is 3. The molecule has 0 aliphatic carbocycles. The summed E-state index contributed by atoms with van der Waals surface area (Å²) >= 11 is 0. The Morgan fingerprint density at radius 1 is 0.844 bits per heavy atom. The van der Waals surface area contributed by atoms with Gasteiger partial charge in [0, 0.05) is 5.69 Å². The fraction of sp³-hybridized carbons (Fsp3) is 0.259. The van der Waals surface area contributed by atoms with Gasteiger partial charge >= 0.3 is 5.97 Å². The molecule has 5 heteroatoms. The molecule has 1 atom stereocenters. The third kappa shape index (κ3) is 6.71. The molecule has 1 unspecified atom stereocenters. The normalized spacial score (nSPS) is 11.4. The lowest BCUT2D eigenvalue weighted by Gasteiger charge is -2.15. The highest BCUT2D eigenvalue weighted by molar-refractivity contribution is 5.95. The molecular formula is C27H29NO4. The number of nitrogens with one attached hydrogen (secondary N) is 1. The first-order valence-electron chi connectivity index (χ1n) is 11.0. The van der Waals surface area contributed by atoms with E-state index in [9.17, 15) is 9.59 Å². The lowest BCUT2D eigenvalue weighted by molar-refractivity contribution is -0.122. The smallest absolute Gasteiger partial charge is 0.338 e. The van der Waals surface area contributed by atoms with Gasteiger partial charge in [-0.05, 0) is 60.9 Å². The van der Waals surface area contributed by atoms with Gasteiger partial charge in [0.05, 0.1) is 12.2 Å². The predicted molar refractivity (Wildman–Crippen MR) is 127 cm³/mol. The van der Waals surface area contributed by atoms with E-state index in [0.717, 1.165) is 30.4 Å². The van der Waals surface area contributed by atoms with Crippen LogP contribution in [0.3, 0.4) is 0 Å². The van der Waals surface area contributed by atoms with Crippen molar-refractivity contribution in [1.29, 1.82) is 0 Å². The van der Waals surface area contributed by atoms with E-state index in [0.29, 0.717) is 23.6 Å². The van der Waals surface area contributed by atoms with E-state index >= 15 is 0 Å². The van der Waals surface area contributed by atoms with Crippen LogP contribution < -0.4 is 10.1 Å². The molecule has 0 fully saturated rings. The molecule has 1 N–H and O–H groups in total. The SMILES string of the molecule is CCCCCOC(=O)c1ccc(NC(=O)C(C)Oc2ccc(-c3ccccc3)cc2)cc1. The van der Waals surface area contributed by atoms with Gasteiger partial charge in [0.1, 0.15) is 5.75 Å². The molecule has 3 aromatic rings. The molecule has 166 valence electrons. The van der Waals surface area contributed by atoms with Crippen molar-refractivity contribution in [2.24, 2.45) is 0 Å². The highest BCUT2D eigenvalue weighted by atomic mass is 16.5. The number of carbonyl (C=O) groups excluding carboxylic acids is 2. The molecule has 1 amide bonds. The van der Waals surface area contributed by atoms with Gasteiger partial charge in [-0.2, -0.15) is 0 Å². The predicted octanol–water partition coefficient (Wildman–Crippen LogP) is 6.11. The number of ether oxygens (including phenoxy) is 2. The minimum atomic E-state index is -0.680. The number of anilines is 1. The summed E-state index contributed by atoms with van der Waals surface area (Å²) < 4.78 is 11.0. The minimum absolute atomic E-state index is 0.271. The van der Waals surface area contributed by atoms with Gasteiger partial charge < -0.3 is 14.8 Å². The standard InChI is InChI=1S/C27H29NO4/c1-3-4-8-19-31-27(30)23-11-15-24(16-12-23)28-26(29)20(2)32-25-17-13-22(14-18-25)21-9-6-5-7-10-21/h5-7,9-18,20H,3-4,8,19H2,1-2H3,(H,28,29). The summed E-state index contributed by atoms with van der Waals surface area (Å²) in [6.45, 7) is 4.22. The van der Waals surface area contributed by atoms with Crippen LogP contribution in [-0.2, 0) is 9.53 Å². The molecule has 0 aromatic heterocycles. The maximum atomic E-state index is 12.5. The second-order valence-electron chi connectivity index (χ2n) is 7.56. The second kappa shape index (κ2) is 11.7. The number of hydrogen-bond donors (Lipinski definition) is 1. The molecule has 32 heavy (non-hydrogen) atoms. The zero-order chi connectivity index (χ0) is 22.8. The Morgan fingerprint density at radius 3 is 2.16 bits per heavy atom. The topological polar surface area (TPSA) is 64.6 Å². The van der Waals surface area contributed by atoms with Crippen molar-refractivity contribution in [3.05, 3.63) is 84.4 Å². The number of rotatable bonds is 10. The highest BCUT2D eigenvalue weighted by Crippen LogP contribution is 2.23. The monoisotopic (exact) mass is 431 g/mol. The third-order valence-corrected chi connectivity index (χ3v) is 5.01. The summed E-state index contributed by atoms with van der Waals surface area (Å²) in [5, 5.41) is 2.81. The molecule has 0 bridgehead atoms. The molecule has 3 aromatic carbocycles. The van der Waals surface area contributed by atoms with E-state index < -0.39 is 6.10 Å². The number of amides is 1. The summed E-state index contributed by atoms with van der Waals surface area (Å²) in [7, 11) is 0. The Bertz CT molecular complexity index is 998. The zero-order valence-corrected chi connectivity index (χ0v) is 18.5. The van der Waals surface area contributed by atoms with E-state index in [4.69, 9.17) is 9.47 Å². The molecule has 0 saturated heterocycles. The Hall–Kier alpha value is -3.60. The first-order chi connectivity index (χ1) is 15.6. The van der Waals surface area contributed by atoms with Gasteiger partial charge in [-0.3, -0.25) is 4.79 Å². The van der Waals surface area contributed by atoms with Crippen LogP contribution in [0.25, 0.3) is 11.1 Å². The van der Waals surface area contributed by atoms with Gasteiger partial charge in [-0.25, -0.2) is 4.79 Å².